The molecule has 0 bridgehead atoms. The smallest absolute Gasteiger partial charge is 0.384 e. The van der Waals surface area contributed by atoms with Crippen molar-refractivity contribution >= 4 is 17.2 Å². The van der Waals surface area contributed by atoms with Crippen molar-refractivity contribution in [3.8, 4) is 11.8 Å². The van der Waals surface area contributed by atoms with Gasteiger partial charge < -0.3 is 10.0 Å². The van der Waals surface area contributed by atoms with E-state index in [9.17, 15) is 18.0 Å². The maximum absolute atomic E-state index is 12.1. The van der Waals surface area contributed by atoms with E-state index in [0.717, 1.165) is 18.4 Å². The Labute approximate surface area is 106 Å². The predicted octanol–water partition coefficient (Wildman–Crippen LogP) is 1.73. The van der Waals surface area contributed by atoms with E-state index in [2.05, 4.69) is 11.8 Å². The molecule has 0 aliphatic carbocycles. The largest absolute Gasteiger partial charge is 0.406 e. The molecule has 1 aromatic heterocycles. The minimum Gasteiger partial charge on any atom is -0.384 e. The second kappa shape index (κ2) is 5.89. The number of halogens is 3. The third-order valence-corrected chi connectivity index (χ3v) is 2.75. The summed E-state index contributed by atoms with van der Waals surface area (Å²) in [6.45, 7) is -1.60. The third kappa shape index (κ3) is 4.39. The molecule has 0 unspecified atom stereocenters. The Morgan fingerprint density at radius 1 is 1.56 bits per heavy atom. The van der Waals surface area contributed by atoms with Crippen molar-refractivity contribution in [2.45, 2.75) is 6.18 Å². The summed E-state index contributed by atoms with van der Waals surface area (Å²) in [4.78, 5) is 12.8. The quantitative estimate of drug-likeness (QED) is 0.836. The molecule has 3 nitrogen and oxygen atoms in total. The fourth-order valence-electron chi connectivity index (χ4n) is 1.20. The van der Waals surface area contributed by atoms with E-state index < -0.39 is 18.6 Å². The van der Waals surface area contributed by atoms with E-state index in [0.29, 0.717) is 9.78 Å². The Hall–Kier alpha value is -1.52. The number of nitrogens with zero attached hydrogens (tertiary/aromatic N) is 1. The van der Waals surface area contributed by atoms with Crippen LogP contribution in [0.1, 0.15) is 15.2 Å². The van der Waals surface area contributed by atoms with Gasteiger partial charge >= 0.3 is 6.18 Å². The molecule has 1 amide bonds. The highest BCUT2D eigenvalue weighted by Gasteiger charge is 2.31. The number of hydrogen-bond acceptors (Lipinski definition) is 3. The Balaban J connectivity index is 2.75. The summed E-state index contributed by atoms with van der Waals surface area (Å²) >= 11 is 1.14. The van der Waals surface area contributed by atoms with Crippen LogP contribution in [0.4, 0.5) is 13.2 Å². The SMILES string of the molecule is CN(CC(F)(F)F)C(=O)c1csc(C#CCO)c1. The minimum atomic E-state index is -4.42. The predicted molar refractivity (Wildman–Crippen MR) is 61.3 cm³/mol. The number of hydrogen-bond donors (Lipinski definition) is 1. The lowest BCUT2D eigenvalue weighted by atomic mass is 10.2. The van der Waals surface area contributed by atoms with E-state index in [4.69, 9.17) is 5.11 Å². The average Bonchev–Trinajstić information content (AvgIpc) is 2.71. The van der Waals surface area contributed by atoms with E-state index in [1.165, 1.54) is 11.4 Å². The summed E-state index contributed by atoms with van der Waals surface area (Å²) in [7, 11) is 1.09. The van der Waals surface area contributed by atoms with Gasteiger partial charge in [0.2, 0.25) is 0 Å². The topological polar surface area (TPSA) is 40.5 Å². The minimum absolute atomic E-state index is 0.161. The number of aliphatic hydroxyl groups is 1. The highest BCUT2D eigenvalue weighted by atomic mass is 32.1. The Morgan fingerprint density at radius 2 is 2.22 bits per heavy atom. The lowest BCUT2D eigenvalue weighted by molar-refractivity contribution is -0.138. The van der Waals surface area contributed by atoms with Crippen LogP contribution in [0.2, 0.25) is 0 Å². The van der Waals surface area contributed by atoms with Crippen LogP contribution < -0.4 is 0 Å². The van der Waals surface area contributed by atoms with Crippen LogP contribution in [0.25, 0.3) is 0 Å². The molecule has 0 saturated carbocycles. The Morgan fingerprint density at radius 3 is 2.78 bits per heavy atom. The first kappa shape index (κ1) is 14.5. The molecule has 1 rings (SSSR count). The van der Waals surface area contributed by atoms with Gasteiger partial charge in [-0.3, -0.25) is 4.79 Å². The van der Waals surface area contributed by atoms with Crippen molar-refractivity contribution in [1.82, 2.24) is 4.90 Å². The number of thiophene rings is 1. The molecule has 98 valence electrons. The highest BCUT2D eigenvalue weighted by molar-refractivity contribution is 7.10. The second-order valence-corrected chi connectivity index (χ2v) is 4.35. The molecule has 0 fully saturated rings. The zero-order chi connectivity index (χ0) is 13.8. The highest BCUT2D eigenvalue weighted by Crippen LogP contribution is 2.19. The molecule has 0 atom stereocenters. The number of aliphatic hydroxyl groups excluding tert-OH is 1. The van der Waals surface area contributed by atoms with Crippen LogP contribution in [0.5, 0.6) is 0 Å². The molecular formula is C11H10F3NO2S. The summed E-state index contributed by atoms with van der Waals surface area (Å²) in [6, 6.07) is 1.41. The molecule has 0 aliphatic rings. The van der Waals surface area contributed by atoms with Crippen LogP contribution in [0.15, 0.2) is 11.4 Å². The van der Waals surface area contributed by atoms with Gasteiger partial charge in [-0.05, 0) is 6.07 Å². The van der Waals surface area contributed by atoms with Crippen LogP contribution in [-0.4, -0.2) is 42.3 Å². The van der Waals surface area contributed by atoms with E-state index in [1.54, 1.807) is 0 Å². The van der Waals surface area contributed by atoms with Gasteiger partial charge in [-0.25, -0.2) is 0 Å². The maximum atomic E-state index is 12.1. The van der Waals surface area contributed by atoms with Crippen molar-refractivity contribution in [2.75, 3.05) is 20.2 Å². The van der Waals surface area contributed by atoms with Crippen LogP contribution >= 0.6 is 11.3 Å². The standard InChI is InChI=1S/C11H10F3NO2S/c1-15(7-11(12,13)14)10(17)8-5-9(18-6-8)3-2-4-16/h5-6,16H,4,7H2,1H3. The number of carbonyl (C=O) groups is 1. The van der Waals surface area contributed by atoms with Gasteiger partial charge in [0.15, 0.2) is 0 Å². The van der Waals surface area contributed by atoms with Gasteiger partial charge in [-0.2, -0.15) is 13.2 Å². The number of amides is 1. The molecule has 7 heteroatoms. The molecule has 1 aromatic rings. The first-order valence-corrected chi connectivity index (χ1v) is 5.72. The molecule has 0 saturated heterocycles. The summed E-state index contributed by atoms with van der Waals surface area (Å²) in [5.41, 5.74) is 0.161. The Bertz CT molecular complexity index is 484. The molecule has 1 heterocycles. The zero-order valence-corrected chi connectivity index (χ0v) is 10.2. The fraction of sp³-hybridized carbons (Fsp3) is 0.364. The normalized spacial score (nSPS) is 10.7. The molecule has 0 radical (unpaired) electrons. The molecule has 0 aromatic carbocycles. The summed E-state index contributed by atoms with van der Waals surface area (Å²) in [6.07, 6.45) is -4.42. The summed E-state index contributed by atoms with van der Waals surface area (Å²) in [5, 5.41) is 9.93. The Kier molecular flexibility index (Phi) is 4.76. The lowest BCUT2D eigenvalue weighted by Crippen LogP contribution is -2.35. The molecule has 18 heavy (non-hydrogen) atoms. The van der Waals surface area contributed by atoms with E-state index in [1.807, 2.05) is 0 Å². The van der Waals surface area contributed by atoms with Crippen molar-refractivity contribution in [3.63, 3.8) is 0 Å². The molecule has 0 spiro atoms. The van der Waals surface area contributed by atoms with Crippen LogP contribution in [0, 0.1) is 11.8 Å². The van der Waals surface area contributed by atoms with Gasteiger partial charge in [0, 0.05) is 12.4 Å². The second-order valence-electron chi connectivity index (χ2n) is 3.44. The zero-order valence-electron chi connectivity index (χ0n) is 9.41. The van der Waals surface area contributed by atoms with Crippen molar-refractivity contribution in [1.29, 1.82) is 0 Å². The van der Waals surface area contributed by atoms with Gasteiger partial charge in [-0.15, -0.1) is 11.3 Å². The van der Waals surface area contributed by atoms with Crippen molar-refractivity contribution in [3.05, 3.63) is 21.9 Å². The molecule has 1 N–H and O–H groups in total. The van der Waals surface area contributed by atoms with E-state index >= 15 is 0 Å². The van der Waals surface area contributed by atoms with E-state index in [-0.39, 0.29) is 12.2 Å². The number of alkyl halides is 3. The number of carbonyl (C=O) groups excluding carboxylic acids is 1. The van der Waals surface area contributed by atoms with Crippen LogP contribution in [0.3, 0.4) is 0 Å². The summed E-state index contributed by atoms with van der Waals surface area (Å²) in [5.74, 6) is 4.27. The van der Waals surface area contributed by atoms with Crippen molar-refractivity contribution in [2.24, 2.45) is 0 Å². The van der Waals surface area contributed by atoms with Gasteiger partial charge in [0.25, 0.3) is 5.91 Å². The van der Waals surface area contributed by atoms with Crippen molar-refractivity contribution < 1.29 is 23.1 Å². The third-order valence-electron chi connectivity index (χ3n) is 1.90. The maximum Gasteiger partial charge on any atom is 0.406 e. The average molecular weight is 277 g/mol. The lowest BCUT2D eigenvalue weighted by Gasteiger charge is -2.18. The first-order valence-electron chi connectivity index (χ1n) is 4.84. The fourth-order valence-corrected chi connectivity index (χ4v) is 1.95. The molecular weight excluding hydrogens is 267 g/mol. The number of rotatable bonds is 2. The van der Waals surface area contributed by atoms with Gasteiger partial charge in [0.05, 0.1) is 10.4 Å². The summed E-state index contributed by atoms with van der Waals surface area (Å²) < 4.78 is 36.3. The van der Waals surface area contributed by atoms with Gasteiger partial charge in [0.1, 0.15) is 13.2 Å². The van der Waals surface area contributed by atoms with Gasteiger partial charge in [-0.1, -0.05) is 11.8 Å². The molecule has 0 aliphatic heterocycles. The van der Waals surface area contributed by atoms with Crippen LogP contribution in [-0.2, 0) is 0 Å². The monoisotopic (exact) mass is 277 g/mol. The first-order chi connectivity index (χ1) is 8.33.